The van der Waals surface area contributed by atoms with Crippen molar-refractivity contribution in [1.29, 1.82) is 0 Å². The summed E-state index contributed by atoms with van der Waals surface area (Å²) >= 11 is 0. The third kappa shape index (κ3) is 2.44. The molecule has 1 aliphatic carbocycles. The first kappa shape index (κ1) is 9.45. The Morgan fingerprint density at radius 3 is 2.92 bits per heavy atom. The van der Waals surface area contributed by atoms with Gasteiger partial charge in [0.2, 0.25) is 0 Å². The van der Waals surface area contributed by atoms with Crippen molar-refractivity contribution in [2.45, 2.75) is 31.5 Å². The van der Waals surface area contributed by atoms with Gasteiger partial charge in [-0.1, -0.05) is 0 Å². The minimum Gasteiger partial charge on any atom is -0.468 e. The Kier molecular flexibility index (Phi) is 3.47. The first-order chi connectivity index (χ1) is 5.74. The largest absolute Gasteiger partial charge is 0.468 e. The first-order valence-electron chi connectivity index (χ1n) is 4.18. The molecule has 1 fully saturated rings. The van der Waals surface area contributed by atoms with E-state index in [0.717, 1.165) is 12.8 Å². The van der Waals surface area contributed by atoms with Gasteiger partial charge >= 0.3 is 5.97 Å². The van der Waals surface area contributed by atoms with E-state index < -0.39 is 6.17 Å². The minimum absolute atomic E-state index is 0.113. The highest BCUT2D eigenvalue weighted by molar-refractivity contribution is 5.71. The smallest absolute Gasteiger partial charge is 0.319 e. The van der Waals surface area contributed by atoms with Crippen molar-refractivity contribution in [3.05, 3.63) is 0 Å². The summed E-state index contributed by atoms with van der Waals surface area (Å²) in [7, 11) is 1.32. The van der Waals surface area contributed by atoms with Gasteiger partial charge in [0.25, 0.3) is 0 Å². The van der Waals surface area contributed by atoms with Crippen LogP contribution in [0, 0.1) is 0 Å². The number of carbonyl (C=O) groups excluding carboxylic acids is 1. The molecular weight excluding hydrogens is 161 g/mol. The van der Waals surface area contributed by atoms with E-state index in [0.29, 0.717) is 6.42 Å². The second-order valence-corrected chi connectivity index (χ2v) is 3.01. The molecule has 12 heavy (non-hydrogen) atoms. The van der Waals surface area contributed by atoms with E-state index >= 15 is 0 Å². The molecule has 1 N–H and O–H groups in total. The Bertz CT molecular complexity index is 163. The zero-order valence-corrected chi connectivity index (χ0v) is 7.18. The number of alkyl halides is 1. The fraction of sp³-hybridized carbons (Fsp3) is 0.875. The van der Waals surface area contributed by atoms with E-state index in [1.807, 2.05) is 0 Å². The van der Waals surface area contributed by atoms with Gasteiger partial charge in [-0.05, 0) is 19.3 Å². The molecule has 0 saturated heterocycles. The molecule has 0 aliphatic heterocycles. The zero-order chi connectivity index (χ0) is 8.97. The van der Waals surface area contributed by atoms with Crippen molar-refractivity contribution in [2.75, 3.05) is 13.7 Å². The second-order valence-electron chi connectivity index (χ2n) is 3.01. The van der Waals surface area contributed by atoms with E-state index in [2.05, 4.69) is 10.1 Å². The molecule has 1 saturated carbocycles. The number of carbonyl (C=O) groups is 1. The Morgan fingerprint density at radius 2 is 2.42 bits per heavy atom. The normalized spacial score (nSPS) is 28.8. The predicted octanol–water partition coefficient (Wildman–Crippen LogP) is 0.640. The van der Waals surface area contributed by atoms with Crippen LogP contribution in [0.15, 0.2) is 0 Å². The molecule has 0 aromatic rings. The quantitative estimate of drug-likeness (QED) is 0.640. The number of rotatable bonds is 3. The average Bonchev–Trinajstić information content (AvgIpc) is 2.47. The molecule has 4 heteroatoms. The van der Waals surface area contributed by atoms with Crippen LogP contribution in [-0.2, 0) is 9.53 Å². The molecule has 0 amide bonds. The van der Waals surface area contributed by atoms with Crippen molar-refractivity contribution in [1.82, 2.24) is 5.32 Å². The number of hydrogen-bond donors (Lipinski definition) is 1. The van der Waals surface area contributed by atoms with Crippen molar-refractivity contribution >= 4 is 5.97 Å². The molecule has 3 nitrogen and oxygen atoms in total. The molecule has 0 aromatic carbocycles. The maximum absolute atomic E-state index is 12.9. The monoisotopic (exact) mass is 175 g/mol. The fourth-order valence-electron chi connectivity index (χ4n) is 1.43. The Balaban J connectivity index is 2.18. The van der Waals surface area contributed by atoms with Crippen molar-refractivity contribution in [2.24, 2.45) is 0 Å². The number of ether oxygens (including phenoxy) is 1. The zero-order valence-electron chi connectivity index (χ0n) is 7.18. The van der Waals surface area contributed by atoms with Gasteiger partial charge in [0.15, 0.2) is 0 Å². The summed E-state index contributed by atoms with van der Waals surface area (Å²) in [4.78, 5) is 10.7. The molecule has 2 atom stereocenters. The lowest BCUT2D eigenvalue weighted by Crippen LogP contribution is -2.37. The summed E-state index contributed by atoms with van der Waals surface area (Å²) in [5.41, 5.74) is 0. The molecule has 0 spiro atoms. The standard InChI is InChI=1S/C8H14FNO2/c1-12-8(11)5-10-7-4-2-3-6(7)9/h6-7,10H,2-5H2,1H3. The molecular formula is C8H14FNO2. The lowest BCUT2D eigenvalue weighted by Gasteiger charge is -2.13. The third-order valence-electron chi connectivity index (χ3n) is 2.17. The summed E-state index contributed by atoms with van der Waals surface area (Å²) in [6.45, 7) is 0.113. The summed E-state index contributed by atoms with van der Waals surface area (Å²) < 4.78 is 17.3. The van der Waals surface area contributed by atoms with Crippen LogP contribution >= 0.6 is 0 Å². The van der Waals surface area contributed by atoms with Gasteiger partial charge in [0, 0.05) is 6.04 Å². The van der Waals surface area contributed by atoms with Gasteiger partial charge in [-0.25, -0.2) is 4.39 Å². The van der Waals surface area contributed by atoms with Crippen molar-refractivity contribution in [3.63, 3.8) is 0 Å². The molecule has 2 unspecified atom stereocenters. The highest BCUT2D eigenvalue weighted by Gasteiger charge is 2.26. The van der Waals surface area contributed by atoms with Gasteiger partial charge in [0.1, 0.15) is 6.17 Å². The SMILES string of the molecule is COC(=O)CNC1CCCC1F. The fourth-order valence-corrected chi connectivity index (χ4v) is 1.43. The van der Waals surface area contributed by atoms with Gasteiger partial charge in [0.05, 0.1) is 13.7 Å². The summed E-state index contributed by atoms with van der Waals surface area (Å²) in [5.74, 6) is -0.339. The van der Waals surface area contributed by atoms with Crippen LogP contribution in [0.25, 0.3) is 0 Å². The lowest BCUT2D eigenvalue weighted by molar-refractivity contribution is -0.139. The Morgan fingerprint density at radius 1 is 1.67 bits per heavy atom. The summed E-state index contributed by atoms with van der Waals surface area (Å²) in [6.07, 6.45) is 1.53. The number of methoxy groups -OCH3 is 1. The predicted molar refractivity (Wildman–Crippen MR) is 42.6 cm³/mol. The van der Waals surface area contributed by atoms with E-state index in [4.69, 9.17) is 0 Å². The molecule has 70 valence electrons. The number of esters is 1. The van der Waals surface area contributed by atoms with E-state index in [-0.39, 0.29) is 18.6 Å². The van der Waals surface area contributed by atoms with Gasteiger partial charge in [-0.15, -0.1) is 0 Å². The third-order valence-corrected chi connectivity index (χ3v) is 2.17. The van der Waals surface area contributed by atoms with Gasteiger partial charge in [-0.3, -0.25) is 4.79 Å². The molecule has 0 radical (unpaired) electrons. The van der Waals surface area contributed by atoms with Crippen LogP contribution in [0.3, 0.4) is 0 Å². The topological polar surface area (TPSA) is 38.3 Å². The van der Waals surface area contributed by atoms with Crippen molar-refractivity contribution in [3.8, 4) is 0 Å². The molecule has 0 aromatic heterocycles. The Hall–Kier alpha value is -0.640. The minimum atomic E-state index is -0.797. The van der Waals surface area contributed by atoms with E-state index in [9.17, 15) is 9.18 Å². The molecule has 1 aliphatic rings. The van der Waals surface area contributed by atoms with Crippen molar-refractivity contribution < 1.29 is 13.9 Å². The lowest BCUT2D eigenvalue weighted by atomic mass is 10.2. The van der Waals surface area contributed by atoms with Crippen LogP contribution in [0.2, 0.25) is 0 Å². The summed E-state index contributed by atoms with van der Waals surface area (Å²) in [6, 6.07) is -0.149. The van der Waals surface area contributed by atoms with Gasteiger partial charge in [-0.2, -0.15) is 0 Å². The first-order valence-corrected chi connectivity index (χ1v) is 4.18. The van der Waals surface area contributed by atoms with E-state index in [1.54, 1.807) is 0 Å². The van der Waals surface area contributed by atoms with Crippen LogP contribution < -0.4 is 5.32 Å². The highest BCUT2D eigenvalue weighted by Crippen LogP contribution is 2.21. The maximum Gasteiger partial charge on any atom is 0.319 e. The van der Waals surface area contributed by atoms with Gasteiger partial charge < -0.3 is 10.1 Å². The molecule has 1 rings (SSSR count). The summed E-state index contributed by atoms with van der Waals surface area (Å²) in [5, 5.41) is 2.83. The number of hydrogen-bond acceptors (Lipinski definition) is 3. The number of nitrogens with one attached hydrogen (secondary N) is 1. The molecule has 0 heterocycles. The number of halogens is 1. The van der Waals surface area contributed by atoms with E-state index in [1.165, 1.54) is 7.11 Å². The average molecular weight is 175 g/mol. The maximum atomic E-state index is 12.9. The van der Waals surface area contributed by atoms with Crippen LogP contribution in [0.5, 0.6) is 0 Å². The highest BCUT2D eigenvalue weighted by atomic mass is 19.1. The van der Waals surface area contributed by atoms with Crippen LogP contribution in [-0.4, -0.2) is 31.8 Å². The Labute approximate surface area is 71.3 Å². The molecule has 0 bridgehead atoms. The van der Waals surface area contributed by atoms with Crippen LogP contribution in [0.4, 0.5) is 4.39 Å². The second kappa shape index (κ2) is 4.40. The van der Waals surface area contributed by atoms with Crippen LogP contribution in [0.1, 0.15) is 19.3 Å².